The number of hydrogen-bond donors (Lipinski definition) is 2. The van der Waals surface area contributed by atoms with Crippen LogP contribution in [0.15, 0.2) is 60.0 Å². The summed E-state index contributed by atoms with van der Waals surface area (Å²) in [5, 5.41) is 9.23. The summed E-state index contributed by atoms with van der Waals surface area (Å²) < 4.78 is 0. The van der Waals surface area contributed by atoms with Crippen LogP contribution >= 0.6 is 11.3 Å². The van der Waals surface area contributed by atoms with Gasteiger partial charge in [-0.1, -0.05) is 75.4 Å². The number of hydrogen-bond acceptors (Lipinski definition) is 5. The van der Waals surface area contributed by atoms with E-state index >= 15 is 0 Å². The van der Waals surface area contributed by atoms with Crippen LogP contribution in [0.3, 0.4) is 0 Å². The van der Waals surface area contributed by atoms with E-state index in [0.29, 0.717) is 17.7 Å². The maximum absolute atomic E-state index is 13.7. The first kappa shape index (κ1) is 24.5. The summed E-state index contributed by atoms with van der Waals surface area (Å²) >= 11 is 1.50. The van der Waals surface area contributed by atoms with Crippen molar-refractivity contribution in [2.24, 2.45) is 5.41 Å². The average molecular weight is 503 g/mol. The number of aromatic nitrogens is 1. The smallest absolute Gasteiger partial charge is 0.246 e. The predicted molar refractivity (Wildman–Crippen MR) is 146 cm³/mol. The van der Waals surface area contributed by atoms with Gasteiger partial charge in [0.1, 0.15) is 12.1 Å². The van der Waals surface area contributed by atoms with Gasteiger partial charge < -0.3 is 15.5 Å². The van der Waals surface area contributed by atoms with E-state index < -0.39 is 6.04 Å². The molecule has 1 aliphatic heterocycles. The van der Waals surface area contributed by atoms with E-state index in [1.165, 1.54) is 16.9 Å². The largest absolute Gasteiger partial charge is 0.352 e. The molecule has 1 aliphatic carbocycles. The highest BCUT2D eigenvalue weighted by Gasteiger charge is 2.42. The van der Waals surface area contributed by atoms with E-state index in [-0.39, 0.29) is 23.3 Å². The monoisotopic (exact) mass is 502 g/mol. The Bertz CT molecular complexity index is 1210. The molecule has 0 bridgehead atoms. The molecular weight excluding hydrogens is 468 g/mol. The molecule has 0 spiro atoms. The highest BCUT2D eigenvalue weighted by Crippen LogP contribution is 2.32. The van der Waals surface area contributed by atoms with Crippen molar-refractivity contribution in [3.63, 3.8) is 0 Å². The lowest BCUT2D eigenvalue weighted by atomic mass is 9.85. The van der Waals surface area contributed by atoms with Crippen molar-refractivity contribution >= 4 is 28.3 Å². The van der Waals surface area contributed by atoms with E-state index in [4.69, 9.17) is 4.98 Å². The van der Waals surface area contributed by atoms with Crippen molar-refractivity contribution in [2.75, 3.05) is 11.9 Å². The third-order valence-corrected chi connectivity index (χ3v) is 7.71. The van der Waals surface area contributed by atoms with Gasteiger partial charge >= 0.3 is 0 Å². The van der Waals surface area contributed by atoms with Crippen LogP contribution in [-0.4, -0.2) is 46.4 Å². The van der Waals surface area contributed by atoms with Crippen molar-refractivity contribution in [1.82, 2.24) is 15.2 Å². The van der Waals surface area contributed by atoms with Crippen LogP contribution in [0.4, 0.5) is 5.13 Å². The van der Waals surface area contributed by atoms with Gasteiger partial charge in [-0.15, -0.1) is 11.3 Å². The summed E-state index contributed by atoms with van der Waals surface area (Å²) in [6.07, 6.45) is 3.66. The van der Waals surface area contributed by atoms with Crippen molar-refractivity contribution in [3.05, 3.63) is 60.0 Å². The minimum absolute atomic E-state index is 0.00788. The number of amides is 2. The number of rotatable bonds is 7. The standard InChI is InChI=1S/C29H34N4O2S/c1-29(2,3)25(27(35)33-17-7-10-24(33)26(34)30-22-15-16-22)32-28-31-23(18-36-28)21-13-11-20(12-14-21)19-8-5-4-6-9-19/h4-6,8-9,11-14,18,22,24-25H,7,10,15-17H2,1-3H3,(H,30,34)(H,31,32)/t24-,25+/m0/s1. The number of thiazole rings is 1. The Morgan fingerprint density at radius 2 is 1.64 bits per heavy atom. The van der Waals surface area contributed by atoms with Crippen LogP contribution in [0, 0.1) is 5.41 Å². The van der Waals surface area contributed by atoms with Crippen molar-refractivity contribution in [3.8, 4) is 22.4 Å². The molecule has 36 heavy (non-hydrogen) atoms. The first-order valence-electron chi connectivity index (χ1n) is 12.8. The molecule has 2 aromatic carbocycles. The molecule has 188 valence electrons. The molecule has 2 fully saturated rings. The number of nitrogens with zero attached hydrogens (tertiary/aromatic N) is 2. The lowest BCUT2D eigenvalue weighted by molar-refractivity contribution is -0.140. The topological polar surface area (TPSA) is 74.3 Å². The number of carbonyl (C=O) groups is 2. The summed E-state index contributed by atoms with van der Waals surface area (Å²) in [6.45, 7) is 6.77. The van der Waals surface area contributed by atoms with Crippen molar-refractivity contribution in [2.45, 2.75) is 64.6 Å². The van der Waals surface area contributed by atoms with Gasteiger partial charge in [0.15, 0.2) is 5.13 Å². The maximum atomic E-state index is 13.7. The molecule has 1 saturated carbocycles. The summed E-state index contributed by atoms with van der Waals surface area (Å²) in [5.41, 5.74) is 3.92. The van der Waals surface area contributed by atoms with Gasteiger partial charge in [-0.2, -0.15) is 0 Å². The van der Waals surface area contributed by atoms with Crippen LogP contribution in [-0.2, 0) is 9.59 Å². The Kier molecular flexibility index (Phi) is 6.84. The minimum Gasteiger partial charge on any atom is -0.352 e. The zero-order chi connectivity index (χ0) is 25.3. The number of likely N-dealkylation sites (tertiary alicyclic amines) is 1. The van der Waals surface area contributed by atoms with E-state index in [0.717, 1.165) is 42.5 Å². The molecule has 1 saturated heterocycles. The van der Waals surface area contributed by atoms with Crippen molar-refractivity contribution < 1.29 is 9.59 Å². The first-order valence-corrected chi connectivity index (χ1v) is 13.7. The third-order valence-electron chi connectivity index (χ3n) is 6.94. The van der Waals surface area contributed by atoms with Crippen LogP contribution in [0.5, 0.6) is 0 Å². The Labute approximate surface area is 217 Å². The van der Waals surface area contributed by atoms with Crippen molar-refractivity contribution in [1.29, 1.82) is 0 Å². The second-order valence-corrected chi connectivity index (χ2v) is 11.8. The Balaban J connectivity index is 1.30. The van der Waals surface area contributed by atoms with E-state index in [2.05, 4.69) is 67.8 Å². The predicted octanol–water partition coefficient (Wildman–Crippen LogP) is 5.57. The van der Waals surface area contributed by atoms with Crippen LogP contribution in [0.25, 0.3) is 22.4 Å². The molecular formula is C29H34N4O2S. The molecule has 2 atom stereocenters. The lowest BCUT2D eigenvalue weighted by Gasteiger charge is -2.35. The van der Waals surface area contributed by atoms with Gasteiger partial charge in [-0.05, 0) is 42.2 Å². The van der Waals surface area contributed by atoms with E-state index in [1.807, 2.05) is 23.6 Å². The Morgan fingerprint density at radius 3 is 2.31 bits per heavy atom. The molecule has 7 heteroatoms. The second kappa shape index (κ2) is 10.1. The molecule has 0 unspecified atom stereocenters. The van der Waals surface area contributed by atoms with Crippen LogP contribution < -0.4 is 10.6 Å². The molecule has 2 heterocycles. The maximum Gasteiger partial charge on any atom is 0.246 e. The van der Waals surface area contributed by atoms with Gasteiger partial charge in [0, 0.05) is 23.5 Å². The van der Waals surface area contributed by atoms with Gasteiger partial charge in [-0.3, -0.25) is 9.59 Å². The van der Waals surface area contributed by atoms with Gasteiger partial charge in [0.2, 0.25) is 11.8 Å². The lowest BCUT2D eigenvalue weighted by Crippen LogP contribution is -2.54. The van der Waals surface area contributed by atoms with Gasteiger partial charge in [0.05, 0.1) is 5.69 Å². The molecule has 1 aromatic heterocycles. The summed E-state index contributed by atoms with van der Waals surface area (Å²) in [5.74, 6) is -0.0357. The fourth-order valence-electron chi connectivity index (χ4n) is 4.70. The second-order valence-electron chi connectivity index (χ2n) is 10.9. The summed E-state index contributed by atoms with van der Waals surface area (Å²) in [7, 11) is 0. The third kappa shape index (κ3) is 5.46. The molecule has 2 aliphatic rings. The quantitative estimate of drug-likeness (QED) is 0.443. The Morgan fingerprint density at radius 1 is 0.972 bits per heavy atom. The molecule has 0 radical (unpaired) electrons. The fraction of sp³-hybridized carbons (Fsp3) is 0.414. The molecule has 2 N–H and O–H groups in total. The first-order chi connectivity index (χ1) is 17.3. The number of anilines is 1. The zero-order valence-electron chi connectivity index (χ0n) is 21.2. The van der Waals surface area contributed by atoms with E-state index in [9.17, 15) is 9.59 Å². The van der Waals surface area contributed by atoms with Crippen LogP contribution in [0.2, 0.25) is 0 Å². The summed E-state index contributed by atoms with van der Waals surface area (Å²) in [4.78, 5) is 33.1. The van der Waals surface area contributed by atoms with E-state index in [1.54, 1.807) is 4.90 Å². The molecule has 2 amide bonds. The fourth-order valence-corrected chi connectivity index (χ4v) is 5.45. The Hall–Kier alpha value is -3.19. The average Bonchev–Trinajstić information content (AvgIpc) is 3.34. The molecule has 3 aromatic rings. The van der Waals surface area contributed by atoms with Gasteiger partial charge in [0.25, 0.3) is 0 Å². The number of nitrogens with one attached hydrogen (secondary N) is 2. The summed E-state index contributed by atoms with van der Waals surface area (Å²) in [6, 6.07) is 18.1. The minimum atomic E-state index is -0.480. The SMILES string of the molecule is CC(C)(C)[C@H](Nc1nc(-c2ccc(-c3ccccc3)cc2)cs1)C(=O)N1CCC[C@H]1C(=O)NC1CC1. The highest BCUT2D eigenvalue weighted by molar-refractivity contribution is 7.14. The normalized spacial score (nSPS) is 18.6. The molecule has 5 rings (SSSR count). The molecule has 6 nitrogen and oxygen atoms in total. The number of benzene rings is 2. The number of carbonyl (C=O) groups excluding carboxylic acids is 2. The zero-order valence-corrected chi connectivity index (χ0v) is 22.0. The highest BCUT2D eigenvalue weighted by atomic mass is 32.1. The van der Waals surface area contributed by atoms with Gasteiger partial charge in [-0.25, -0.2) is 4.98 Å². The van der Waals surface area contributed by atoms with Crippen LogP contribution in [0.1, 0.15) is 46.5 Å².